The molecule has 3 amide bonds. The van der Waals surface area contributed by atoms with E-state index in [0.717, 1.165) is 103 Å². The Morgan fingerprint density at radius 2 is 1.29 bits per heavy atom. The average Bonchev–Trinajstić information content (AvgIpc) is 3.41. The molecule has 370 valence electrons. The minimum absolute atomic E-state index is 0.0271. The molecule has 0 unspecified atom stereocenters. The fraction of sp³-hybridized carbons (Fsp3) is 0.138. The fourth-order valence-electron chi connectivity index (χ4n) is 11.3. The van der Waals surface area contributed by atoms with Gasteiger partial charge in [-0.1, -0.05) is 113 Å². The lowest BCUT2D eigenvalue weighted by molar-refractivity contribution is -0.112. The van der Waals surface area contributed by atoms with Crippen LogP contribution in [-0.2, 0) is 11.2 Å². The number of Topliss-reactive ketones (excluding diaryl/α,β-unsaturated/α-hetero) is 1. The van der Waals surface area contributed by atoms with Crippen molar-refractivity contribution in [1.29, 1.82) is 0 Å². The van der Waals surface area contributed by atoms with Crippen LogP contribution in [0.25, 0.3) is 93.5 Å². The van der Waals surface area contributed by atoms with Crippen LogP contribution in [0.15, 0.2) is 116 Å². The molecule has 5 N–H and O–H groups in total. The second kappa shape index (κ2) is 18.9. The Hall–Kier alpha value is -9.46. The number of nitrogens with zero attached hydrogens (tertiary/aromatic N) is 1. The summed E-state index contributed by atoms with van der Waals surface area (Å²) in [5.41, 5.74) is 6.17. The summed E-state index contributed by atoms with van der Waals surface area (Å²) >= 11 is 0. The van der Waals surface area contributed by atoms with Crippen LogP contribution in [0.1, 0.15) is 101 Å². The van der Waals surface area contributed by atoms with Crippen LogP contribution in [0.3, 0.4) is 0 Å². The SMILES string of the molecule is C=C1C(=O)N(c2cc(O)cc(O)c2)C(=O)c2ccc3c(C)c4c(ccc5c6cc#cc7c(-c8ccc(C(C)=O)c9c(C(=O)Nc%10cc(O)cc(O)c%10)ccc(CC)c89)ccc(c(/C=C/C)c54)c76)/c(=C/CC)c3c21.CC. The lowest BCUT2D eigenvalue weighted by Gasteiger charge is -2.30. The third-order valence-corrected chi connectivity index (χ3v) is 14.3. The number of carbonyl (C=O) groups is 4. The second-order valence-corrected chi connectivity index (χ2v) is 18.5. The average molecular weight is 989 g/mol. The van der Waals surface area contributed by atoms with Crippen molar-refractivity contribution < 1.29 is 39.6 Å². The number of carbonyl (C=O) groups excluding carboxylic acids is 4. The molecular weight excluding hydrogens is 937 g/mol. The first-order valence-corrected chi connectivity index (χ1v) is 25.0. The topological polar surface area (TPSA) is 164 Å². The molecule has 0 saturated heterocycles. The first-order chi connectivity index (χ1) is 36.1. The number of amides is 3. The van der Waals surface area contributed by atoms with Crippen LogP contribution >= 0.6 is 0 Å². The number of ketones is 1. The van der Waals surface area contributed by atoms with E-state index in [1.165, 1.54) is 37.3 Å². The van der Waals surface area contributed by atoms with Gasteiger partial charge in [-0.3, -0.25) is 19.2 Å². The first kappa shape index (κ1) is 49.1. The monoisotopic (exact) mass is 988 g/mol. The largest absolute Gasteiger partial charge is 0.508 e. The number of phenolic OH excluding ortho intramolecular Hbond substituents is 4. The van der Waals surface area contributed by atoms with Crippen molar-refractivity contribution in [2.45, 2.75) is 61.3 Å². The lowest BCUT2D eigenvalue weighted by atomic mass is 9.81. The van der Waals surface area contributed by atoms with E-state index in [-0.39, 0.29) is 56.9 Å². The predicted molar refractivity (Wildman–Crippen MR) is 303 cm³/mol. The van der Waals surface area contributed by atoms with E-state index in [2.05, 4.69) is 67.4 Å². The number of fused-ring (bicyclic) bond motifs is 8. The first-order valence-electron chi connectivity index (χ1n) is 25.0. The van der Waals surface area contributed by atoms with E-state index >= 15 is 0 Å². The highest BCUT2D eigenvalue weighted by atomic mass is 16.3. The smallest absolute Gasteiger partial charge is 0.265 e. The second-order valence-electron chi connectivity index (χ2n) is 18.5. The van der Waals surface area contributed by atoms with E-state index in [1.54, 1.807) is 18.2 Å². The van der Waals surface area contributed by atoms with Crippen molar-refractivity contribution in [3.8, 4) is 34.1 Å². The van der Waals surface area contributed by atoms with E-state index in [4.69, 9.17) is 0 Å². The number of imide groups is 1. The summed E-state index contributed by atoms with van der Waals surface area (Å²) in [7, 11) is 0. The third-order valence-electron chi connectivity index (χ3n) is 14.3. The van der Waals surface area contributed by atoms with Crippen LogP contribution in [0.2, 0.25) is 0 Å². The minimum Gasteiger partial charge on any atom is -0.508 e. The standard InChI is InChI=1S/C63H46N2O8.C2H6/c1-7-11-44-49-22-23-51-47-14-10-13-46-43(48-20-18-42(33(6)66)59-52(16-15-34(9-3)56(48)59)61(71)64-35-25-37(67)29-38(68)26-35)19-21-50(57(46)47)45(12-8-2)60(51)54(49)31(4)41-17-24-53-55(58(41)44)32(5)62(72)65(63(53)73)36-27-39(69)30-40(70)28-36;1-2/h8,11-12,14-30,67-70H,5,7,9H2,1-4,6H3,(H,64,71);1-2H3/b12-8+,44-11-;. The molecule has 10 nitrogen and oxygen atoms in total. The van der Waals surface area contributed by atoms with Gasteiger partial charge in [-0.05, 0) is 133 Å². The van der Waals surface area contributed by atoms with E-state index in [0.29, 0.717) is 29.4 Å². The Balaban J connectivity index is 0.00000317. The molecule has 10 aromatic rings. The van der Waals surface area contributed by atoms with Gasteiger partial charge < -0.3 is 25.7 Å². The lowest BCUT2D eigenvalue weighted by Crippen LogP contribution is -2.42. The molecule has 0 aromatic heterocycles. The summed E-state index contributed by atoms with van der Waals surface area (Å²) in [5.74, 6) is -3.02. The van der Waals surface area contributed by atoms with Gasteiger partial charge in [-0.25, -0.2) is 4.90 Å². The van der Waals surface area contributed by atoms with E-state index in [9.17, 15) is 39.6 Å². The van der Waals surface area contributed by atoms with Crippen LogP contribution in [0.4, 0.5) is 11.4 Å². The number of rotatable bonds is 8. The summed E-state index contributed by atoms with van der Waals surface area (Å²) in [4.78, 5) is 57.2. The van der Waals surface area contributed by atoms with Gasteiger partial charge in [-0.15, -0.1) is 0 Å². The normalized spacial score (nSPS) is 12.9. The highest BCUT2D eigenvalue weighted by molar-refractivity contribution is 6.43. The quantitative estimate of drug-likeness (QED) is 0.0330. The molecule has 10 heteroatoms. The number of anilines is 2. The number of benzene rings is 9. The van der Waals surface area contributed by atoms with Crippen LogP contribution in [0, 0.1) is 19.1 Å². The number of aryl methyl sites for hydroxylation is 2. The molecular formula is C65H52N2O8. The van der Waals surface area contributed by atoms with E-state index in [1.807, 2.05) is 65.0 Å². The number of allylic oxidation sites excluding steroid dienone is 1. The van der Waals surface area contributed by atoms with Gasteiger partial charge in [0, 0.05) is 86.1 Å². The molecule has 0 spiro atoms. The maximum absolute atomic E-state index is 14.4. The molecule has 0 fully saturated rings. The molecule has 10 aromatic carbocycles. The van der Waals surface area contributed by atoms with Crippen molar-refractivity contribution in [2.24, 2.45) is 0 Å². The predicted octanol–water partition coefficient (Wildman–Crippen LogP) is 14.2. The minimum atomic E-state index is -0.659. The third kappa shape index (κ3) is 7.66. The molecule has 0 saturated carbocycles. The maximum atomic E-state index is 14.4. The van der Waals surface area contributed by atoms with Gasteiger partial charge in [0.2, 0.25) is 0 Å². The zero-order valence-corrected chi connectivity index (χ0v) is 42.5. The maximum Gasteiger partial charge on any atom is 0.265 e. The molecule has 0 radical (unpaired) electrons. The van der Waals surface area contributed by atoms with Crippen molar-refractivity contribution in [3.05, 3.63) is 172 Å². The molecule has 1 aliphatic heterocycles. The Kier molecular flexibility index (Phi) is 12.4. The summed E-state index contributed by atoms with van der Waals surface area (Å²) in [6, 6.07) is 35.7. The van der Waals surface area contributed by atoms with Gasteiger partial charge in [0.05, 0.1) is 5.69 Å². The van der Waals surface area contributed by atoms with Crippen molar-refractivity contribution >= 4 is 117 Å². The number of phenols is 4. The van der Waals surface area contributed by atoms with Crippen LogP contribution in [0.5, 0.6) is 23.0 Å². The molecule has 75 heavy (non-hydrogen) atoms. The van der Waals surface area contributed by atoms with Gasteiger partial charge in [-0.2, -0.15) is 0 Å². The Labute approximate surface area is 432 Å². The highest BCUT2D eigenvalue weighted by Gasteiger charge is 2.37. The Bertz CT molecular complexity index is 4240. The number of nitrogens with one attached hydrogen (secondary N) is 1. The zero-order valence-electron chi connectivity index (χ0n) is 42.5. The van der Waals surface area contributed by atoms with E-state index < -0.39 is 17.7 Å². The molecule has 1 heterocycles. The van der Waals surface area contributed by atoms with Gasteiger partial charge in [0.15, 0.2) is 5.78 Å². The number of hydrogen-bond acceptors (Lipinski definition) is 8. The van der Waals surface area contributed by atoms with Crippen molar-refractivity contribution in [1.82, 2.24) is 0 Å². The van der Waals surface area contributed by atoms with Crippen molar-refractivity contribution in [3.63, 3.8) is 0 Å². The van der Waals surface area contributed by atoms with Gasteiger partial charge in [0.1, 0.15) is 23.0 Å². The van der Waals surface area contributed by atoms with Gasteiger partial charge >= 0.3 is 0 Å². The number of aromatic hydroxyl groups is 4. The van der Waals surface area contributed by atoms with Crippen LogP contribution < -0.4 is 15.4 Å². The number of hydrogen-bond donors (Lipinski definition) is 5. The molecule has 0 bridgehead atoms. The molecule has 0 aliphatic carbocycles. The van der Waals surface area contributed by atoms with Gasteiger partial charge in [0.25, 0.3) is 17.7 Å². The Morgan fingerprint density at radius 1 is 0.667 bits per heavy atom. The fourth-order valence-corrected chi connectivity index (χ4v) is 11.3. The summed E-state index contributed by atoms with van der Waals surface area (Å²) in [6.45, 7) is 17.9. The summed E-state index contributed by atoms with van der Waals surface area (Å²) < 4.78 is 0. The molecule has 11 rings (SSSR count). The van der Waals surface area contributed by atoms with Crippen molar-refractivity contribution in [2.75, 3.05) is 10.2 Å². The summed E-state index contributed by atoms with van der Waals surface area (Å²) in [5, 5.41) is 55.0. The van der Waals surface area contributed by atoms with Crippen LogP contribution in [-0.4, -0.2) is 43.9 Å². The summed E-state index contributed by atoms with van der Waals surface area (Å²) in [6.07, 6.45) is 7.52. The zero-order chi connectivity index (χ0) is 53.3. The highest BCUT2D eigenvalue weighted by Crippen LogP contribution is 2.47. The molecule has 0 atom stereocenters. The molecule has 1 aliphatic rings. The Morgan fingerprint density at radius 3 is 1.96 bits per heavy atom.